The Bertz CT molecular complexity index is 460. The largest absolute Gasteiger partial charge is 0.354 e. The van der Waals surface area contributed by atoms with Crippen LogP contribution >= 0.6 is 0 Å². The Balaban J connectivity index is 2.42. The van der Waals surface area contributed by atoms with E-state index in [1.807, 2.05) is 6.92 Å². The Morgan fingerprint density at radius 1 is 1.24 bits per heavy atom. The van der Waals surface area contributed by atoms with Gasteiger partial charge in [-0.1, -0.05) is 25.5 Å². The number of hydrogen-bond donors (Lipinski definition) is 1. The van der Waals surface area contributed by atoms with Crippen LogP contribution in [0.15, 0.2) is 24.3 Å². The van der Waals surface area contributed by atoms with E-state index >= 15 is 0 Å². The summed E-state index contributed by atoms with van der Waals surface area (Å²) in [6.45, 7) is 4.82. The molecule has 5 heteroatoms. The summed E-state index contributed by atoms with van der Waals surface area (Å²) in [5.74, 6) is -0.347. The normalized spacial score (nSPS) is 10.2. The van der Waals surface area contributed by atoms with Crippen molar-refractivity contribution in [3.63, 3.8) is 0 Å². The minimum Gasteiger partial charge on any atom is -0.354 e. The Kier molecular flexibility index (Phi) is 7.43. The predicted octanol–water partition coefficient (Wildman–Crippen LogP) is 2.48. The number of unbranched alkanes of at least 4 members (excludes halogenated alkanes) is 1. The number of benzene rings is 1. The SMILES string of the molecule is CCCCC(=O)NCCN(Cc1ccc(F)cc1)C(C)=O. The highest BCUT2D eigenvalue weighted by atomic mass is 19.1. The highest BCUT2D eigenvalue weighted by molar-refractivity contribution is 5.76. The van der Waals surface area contributed by atoms with Crippen LogP contribution in [0.2, 0.25) is 0 Å². The first-order valence-corrected chi connectivity index (χ1v) is 7.29. The molecular formula is C16H23FN2O2. The Morgan fingerprint density at radius 2 is 1.90 bits per heavy atom. The molecule has 0 bridgehead atoms. The van der Waals surface area contributed by atoms with Crippen LogP contribution in [0.25, 0.3) is 0 Å². The van der Waals surface area contributed by atoms with Crippen molar-refractivity contribution in [1.29, 1.82) is 0 Å². The Labute approximate surface area is 125 Å². The third kappa shape index (κ3) is 6.88. The summed E-state index contributed by atoms with van der Waals surface area (Å²) in [4.78, 5) is 24.7. The average Bonchev–Trinajstić information content (AvgIpc) is 2.46. The smallest absolute Gasteiger partial charge is 0.220 e. The van der Waals surface area contributed by atoms with Gasteiger partial charge in [-0.05, 0) is 24.1 Å². The maximum Gasteiger partial charge on any atom is 0.220 e. The number of nitrogens with one attached hydrogen (secondary N) is 1. The number of hydrogen-bond acceptors (Lipinski definition) is 2. The molecule has 116 valence electrons. The molecule has 0 fully saturated rings. The summed E-state index contributed by atoms with van der Waals surface area (Å²) >= 11 is 0. The van der Waals surface area contributed by atoms with Crippen molar-refractivity contribution < 1.29 is 14.0 Å². The molecular weight excluding hydrogens is 271 g/mol. The summed E-state index contributed by atoms with van der Waals surface area (Å²) in [5.41, 5.74) is 0.865. The van der Waals surface area contributed by atoms with Crippen molar-refractivity contribution in [3.8, 4) is 0 Å². The van der Waals surface area contributed by atoms with Gasteiger partial charge in [0.15, 0.2) is 0 Å². The fourth-order valence-electron chi connectivity index (χ4n) is 1.91. The number of amides is 2. The lowest BCUT2D eigenvalue weighted by Gasteiger charge is -2.21. The van der Waals surface area contributed by atoms with Crippen LogP contribution in [-0.4, -0.2) is 29.8 Å². The average molecular weight is 294 g/mol. The molecule has 1 aromatic carbocycles. The summed E-state index contributed by atoms with van der Waals surface area (Å²) in [6.07, 6.45) is 2.38. The second-order valence-electron chi connectivity index (χ2n) is 5.02. The molecule has 0 saturated carbocycles. The molecule has 1 rings (SSSR count). The lowest BCUT2D eigenvalue weighted by molar-refractivity contribution is -0.130. The number of halogens is 1. The lowest BCUT2D eigenvalue weighted by Crippen LogP contribution is -2.37. The summed E-state index contributed by atoms with van der Waals surface area (Å²) < 4.78 is 12.8. The Morgan fingerprint density at radius 3 is 2.48 bits per heavy atom. The van der Waals surface area contributed by atoms with Gasteiger partial charge in [-0.3, -0.25) is 9.59 Å². The zero-order chi connectivity index (χ0) is 15.7. The van der Waals surface area contributed by atoms with Gasteiger partial charge in [0.25, 0.3) is 0 Å². The molecule has 0 aliphatic carbocycles. The van der Waals surface area contributed by atoms with Crippen LogP contribution in [0.3, 0.4) is 0 Å². The first-order valence-electron chi connectivity index (χ1n) is 7.29. The van der Waals surface area contributed by atoms with E-state index in [9.17, 15) is 14.0 Å². The van der Waals surface area contributed by atoms with Crippen molar-refractivity contribution in [1.82, 2.24) is 10.2 Å². The molecule has 0 aliphatic rings. The van der Waals surface area contributed by atoms with E-state index < -0.39 is 0 Å². The molecule has 1 N–H and O–H groups in total. The summed E-state index contributed by atoms with van der Waals surface area (Å²) in [6, 6.07) is 6.07. The van der Waals surface area contributed by atoms with Crippen LogP contribution in [0.4, 0.5) is 4.39 Å². The van der Waals surface area contributed by atoms with Gasteiger partial charge >= 0.3 is 0 Å². The fraction of sp³-hybridized carbons (Fsp3) is 0.500. The maximum absolute atomic E-state index is 12.8. The van der Waals surface area contributed by atoms with Gasteiger partial charge in [0.05, 0.1) is 0 Å². The van der Waals surface area contributed by atoms with Crippen molar-refractivity contribution in [3.05, 3.63) is 35.6 Å². The van der Waals surface area contributed by atoms with E-state index in [-0.39, 0.29) is 17.6 Å². The van der Waals surface area contributed by atoms with Gasteiger partial charge in [-0.25, -0.2) is 4.39 Å². The molecule has 0 aromatic heterocycles. The van der Waals surface area contributed by atoms with Gasteiger partial charge in [-0.2, -0.15) is 0 Å². The van der Waals surface area contributed by atoms with E-state index in [0.717, 1.165) is 18.4 Å². The van der Waals surface area contributed by atoms with E-state index in [2.05, 4.69) is 5.32 Å². The first kappa shape index (κ1) is 17.1. The molecule has 0 saturated heterocycles. The molecule has 2 amide bonds. The standard InChI is InChI=1S/C16H23FN2O2/c1-3-4-5-16(21)18-10-11-19(13(2)20)12-14-6-8-15(17)9-7-14/h6-9H,3-5,10-12H2,1-2H3,(H,18,21). The second-order valence-corrected chi connectivity index (χ2v) is 5.02. The lowest BCUT2D eigenvalue weighted by atomic mass is 10.2. The molecule has 4 nitrogen and oxygen atoms in total. The monoisotopic (exact) mass is 294 g/mol. The molecule has 0 radical (unpaired) electrons. The predicted molar refractivity (Wildman–Crippen MR) is 80.0 cm³/mol. The molecule has 0 aliphatic heterocycles. The van der Waals surface area contributed by atoms with Crippen LogP contribution in [0, 0.1) is 5.82 Å². The second kappa shape index (κ2) is 9.10. The molecule has 21 heavy (non-hydrogen) atoms. The number of rotatable bonds is 8. The van der Waals surface area contributed by atoms with Gasteiger partial charge in [0.2, 0.25) is 11.8 Å². The summed E-state index contributed by atoms with van der Waals surface area (Å²) in [5, 5.41) is 2.80. The van der Waals surface area contributed by atoms with E-state index in [1.54, 1.807) is 17.0 Å². The van der Waals surface area contributed by atoms with Gasteiger partial charge in [0, 0.05) is 33.0 Å². The van der Waals surface area contributed by atoms with Crippen molar-refractivity contribution >= 4 is 11.8 Å². The highest BCUT2D eigenvalue weighted by Crippen LogP contribution is 2.06. The summed E-state index contributed by atoms with van der Waals surface area (Å²) in [7, 11) is 0. The van der Waals surface area contributed by atoms with Crippen LogP contribution in [0.5, 0.6) is 0 Å². The third-order valence-electron chi connectivity index (χ3n) is 3.19. The number of nitrogens with zero attached hydrogens (tertiary/aromatic N) is 1. The van der Waals surface area contributed by atoms with E-state index in [1.165, 1.54) is 19.1 Å². The quantitative estimate of drug-likeness (QED) is 0.801. The topological polar surface area (TPSA) is 49.4 Å². The molecule has 1 aromatic rings. The molecule has 0 spiro atoms. The molecule has 0 atom stereocenters. The van der Waals surface area contributed by atoms with E-state index in [0.29, 0.717) is 26.1 Å². The minimum absolute atomic E-state index is 0.0159. The van der Waals surface area contributed by atoms with Gasteiger partial charge in [-0.15, -0.1) is 0 Å². The maximum atomic E-state index is 12.8. The fourth-order valence-corrected chi connectivity index (χ4v) is 1.91. The van der Waals surface area contributed by atoms with Gasteiger partial charge in [0.1, 0.15) is 5.82 Å². The third-order valence-corrected chi connectivity index (χ3v) is 3.19. The molecule has 0 heterocycles. The van der Waals surface area contributed by atoms with Crippen molar-refractivity contribution in [2.75, 3.05) is 13.1 Å². The van der Waals surface area contributed by atoms with Crippen LogP contribution < -0.4 is 5.32 Å². The number of carbonyl (C=O) groups is 2. The minimum atomic E-state index is -0.295. The highest BCUT2D eigenvalue weighted by Gasteiger charge is 2.10. The van der Waals surface area contributed by atoms with Gasteiger partial charge < -0.3 is 10.2 Å². The zero-order valence-electron chi connectivity index (χ0n) is 12.7. The van der Waals surface area contributed by atoms with Crippen LogP contribution in [-0.2, 0) is 16.1 Å². The van der Waals surface area contributed by atoms with Crippen LogP contribution in [0.1, 0.15) is 38.7 Å². The van der Waals surface area contributed by atoms with Crippen molar-refractivity contribution in [2.45, 2.75) is 39.7 Å². The zero-order valence-corrected chi connectivity index (χ0v) is 12.7. The van der Waals surface area contributed by atoms with Crippen molar-refractivity contribution in [2.24, 2.45) is 0 Å². The number of carbonyl (C=O) groups excluding carboxylic acids is 2. The van der Waals surface area contributed by atoms with E-state index in [4.69, 9.17) is 0 Å². The molecule has 0 unspecified atom stereocenters. The Hall–Kier alpha value is -1.91. The first-order chi connectivity index (χ1) is 10.0.